The molecule has 0 unspecified atom stereocenters. The highest BCUT2D eigenvalue weighted by Crippen LogP contribution is 1.98. The number of carbonyl (C=O) groups excluding carboxylic acids is 3. The first-order chi connectivity index (χ1) is 8.75. The molecule has 1 amide bonds. The first kappa shape index (κ1) is 17.2. The molecule has 0 aliphatic rings. The molecular weight excluding hydrogens is 280 g/mol. The van der Waals surface area contributed by atoms with E-state index < -0.39 is 30.0 Å². The number of oxime groups is 1. The Bertz CT molecular complexity index is 380. The summed E-state index contributed by atoms with van der Waals surface area (Å²) in [7, 11) is 2.90. The van der Waals surface area contributed by atoms with Gasteiger partial charge in [0.25, 0.3) is 5.91 Å². The number of halogens is 1. The van der Waals surface area contributed by atoms with Gasteiger partial charge in [0.1, 0.15) is 0 Å². The van der Waals surface area contributed by atoms with Crippen molar-refractivity contribution in [1.82, 2.24) is 4.90 Å². The molecule has 0 aromatic rings. The van der Waals surface area contributed by atoms with Crippen LogP contribution in [0.5, 0.6) is 0 Å². The molecule has 8 nitrogen and oxygen atoms in total. The summed E-state index contributed by atoms with van der Waals surface area (Å²) < 4.78 is 8.91. The van der Waals surface area contributed by atoms with Crippen LogP contribution < -0.4 is 0 Å². The van der Waals surface area contributed by atoms with Crippen molar-refractivity contribution in [3.8, 4) is 0 Å². The van der Waals surface area contributed by atoms with E-state index in [1.165, 1.54) is 14.1 Å². The second-order valence-corrected chi connectivity index (χ2v) is 4.16. The smallest absolute Gasteiger partial charge is 0.427 e. The van der Waals surface area contributed by atoms with E-state index in [-0.39, 0.29) is 5.92 Å². The summed E-state index contributed by atoms with van der Waals surface area (Å²) in [6, 6.07) is 0. The molecule has 0 fully saturated rings. The molecule has 0 aliphatic heterocycles. The van der Waals surface area contributed by atoms with Gasteiger partial charge in [-0.2, -0.15) is 0 Å². The summed E-state index contributed by atoms with van der Waals surface area (Å²) in [6.45, 7) is 2.64. The van der Waals surface area contributed by atoms with Crippen molar-refractivity contribution in [3.05, 3.63) is 0 Å². The van der Waals surface area contributed by atoms with Crippen LogP contribution in [0, 0.1) is 5.92 Å². The van der Waals surface area contributed by atoms with E-state index in [0.717, 1.165) is 4.90 Å². The highest BCUT2D eigenvalue weighted by Gasteiger charge is 2.14. The molecule has 0 aromatic heterocycles. The molecule has 0 atom stereocenters. The highest BCUT2D eigenvalue weighted by atomic mass is 35.5. The van der Waals surface area contributed by atoms with Gasteiger partial charge in [-0.15, -0.1) is 0 Å². The second kappa shape index (κ2) is 8.30. The maximum absolute atomic E-state index is 11.2. The maximum atomic E-state index is 11.2. The number of ether oxygens (including phenoxy) is 2. The highest BCUT2D eigenvalue weighted by molar-refractivity contribution is 6.82. The molecule has 0 saturated carbocycles. The lowest BCUT2D eigenvalue weighted by atomic mass is 10.2. The monoisotopic (exact) mass is 294 g/mol. The normalized spacial score (nSPS) is 10.9. The minimum absolute atomic E-state index is 0.343. The third kappa shape index (κ3) is 7.24. The van der Waals surface area contributed by atoms with Crippen LogP contribution >= 0.6 is 11.6 Å². The van der Waals surface area contributed by atoms with Gasteiger partial charge in [-0.25, -0.2) is 4.79 Å². The molecule has 9 heteroatoms. The summed E-state index contributed by atoms with van der Waals surface area (Å²) >= 11 is 5.44. The molecular formula is C10H15ClN2O6. The molecule has 0 N–H and O–H groups in total. The zero-order valence-electron chi connectivity index (χ0n) is 11.0. The molecule has 0 heterocycles. The van der Waals surface area contributed by atoms with E-state index in [1.807, 2.05) is 0 Å². The Labute approximate surface area is 115 Å². The van der Waals surface area contributed by atoms with E-state index in [2.05, 4.69) is 19.5 Å². The van der Waals surface area contributed by atoms with Crippen LogP contribution in [0.1, 0.15) is 13.8 Å². The lowest BCUT2D eigenvalue weighted by Crippen LogP contribution is -2.27. The Kier molecular flexibility index (Phi) is 7.50. The van der Waals surface area contributed by atoms with E-state index in [0.29, 0.717) is 0 Å². The fourth-order valence-electron chi connectivity index (χ4n) is 0.630. The van der Waals surface area contributed by atoms with E-state index >= 15 is 0 Å². The average Bonchev–Trinajstić information content (AvgIpc) is 2.34. The lowest BCUT2D eigenvalue weighted by molar-refractivity contribution is -0.157. The summed E-state index contributed by atoms with van der Waals surface area (Å²) in [6.07, 6.45) is -1.25. The third-order valence-corrected chi connectivity index (χ3v) is 1.86. The number of hydrogen-bond donors (Lipinski definition) is 0. The quantitative estimate of drug-likeness (QED) is 0.246. The second-order valence-electron chi connectivity index (χ2n) is 3.80. The fourth-order valence-corrected chi connectivity index (χ4v) is 0.833. The molecule has 19 heavy (non-hydrogen) atoms. The van der Waals surface area contributed by atoms with Crippen molar-refractivity contribution in [2.75, 3.05) is 20.9 Å². The number of rotatable bonds is 5. The Hall–Kier alpha value is -1.83. The van der Waals surface area contributed by atoms with Gasteiger partial charge in [0.05, 0.1) is 5.92 Å². The molecule has 0 aromatic carbocycles. The van der Waals surface area contributed by atoms with Crippen molar-refractivity contribution < 1.29 is 28.7 Å². The van der Waals surface area contributed by atoms with Crippen LogP contribution in [-0.4, -0.2) is 49.0 Å². The first-order valence-corrected chi connectivity index (χ1v) is 5.59. The molecule has 0 spiro atoms. The molecule has 0 saturated heterocycles. The topological polar surface area (TPSA) is 94.5 Å². The van der Waals surface area contributed by atoms with Gasteiger partial charge in [0.2, 0.25) is 12.0 Å². The Balaban J connectivity index is 4.03. The SMILES string of the molecule is CC(C)C(=O)OCOC(=O)ON=C(Cl)C(=O)N(C)C. The molecule has 108 valence electrons. The summed E-state index contributed by atoms with van der Waals surface area (Å²) in [5.41, 5.74) is 0. The summed E-state index contributed by atoms with van der Waals surface area (Å²) in [5, 5.41) is 2.51. The zero-order valence-corrected chi connectivity index (χ0v) is 11.8. The minimum atomic E-state index is -1.25. The lowest BCUT2D eigenvalue weighted by Gasteiger charge is -2.08. The van der Waals surface area contributed by atoms with Crippen molar-refractivity contribution in [3.63, 3.8) is 0 Å². The van der Waals surface area contributed by atoms with Crippen molar-refractivity contribution in [2.24, 2.45) is 11.1 Å². The van der Waals surface area contributed by atoms with Gasteiger partial charge < -0.3 is 14.4 Å². The summed E-state index contributed by atoms with van der Waals surface area (Å²) in [5.74, 6) is -1.51. The van der Waals surface area contributed by atoms with Crippen LogP contribution in [0.4, 0.5) is 4.79 Å². The van der Waals surface area contributed by atoms with Crippen LogP contribution in [-0.2, 0) is 23.9 Å². The van der Waals surface area contributed by atoms with Crippen LogP contribution in [0.25, 0.3) is 0 Å². The number of amides is 1. The number of hydrogen-bond acceptors (Lipinski definition) is 7. The minimum Gasteiger partial charge on any atom is -0.427 e. The fraction of sp³-hybridized carbons (Fsp3) is 0.600. The van der Waals surface area contributed by atoms with Crippen LogP contribution in [0.15, 0.2) is 5.16 Å². The molecule has 0 bridgehead atoms. The van der Waals surface area contributed by atoms with Gasteiger partial charge in [0.15, 0.2) is 0 Å². The zero-order chi connectivity index (χ0) is 15.0. The standard InChI is InChI=1S/C10H15ClN2O6/c1-6(2)9(15)17-5-18-10(16)19-12-7(11)8(14)13(3)4/h6H,5H2,1-4H3. The Morgan fingerprint density at radius 1 is 1.21 bits per heavy atom. The van der Waals surface area contributed by atoms with Crippen LogP contribution in [0.2, 0.25) is 0 Å². The third-order valence-electron chi connectivity index (χ3n) is 1.63. The van der Waals surface area contributed by atoms with Gasteiger partial charge in [-0.05, 0) is 0 Å². The largest absolute Gasteiger partial charge is 0.538 e. The van der Waals surface area contributed by atoms with E-state index in [4.69, 9.17) is 11.6 Å². The van der Waals surface area contributed by atoms with Crippen LogP contribution in [0.3, 0.4) is 0 Å². The molecule has 0 aliphatic carbocycles. The van der Waals surface area contributed by atoms with Crippen molar-refractivity contribution >= 4 is 34.8 Å². The molecule has 0 radical (unpaired) electrons. The number of nitrogens with zero attached hydrogens (tertiary/aromatic N) is 2. The predicted octanol–water partition coefficient (Wildman–Crippen LogP) is 0.937. The van der Waals surface area contributed by atoms with Gasteiger partial charge in [0, 0.05) is 14.1 Å². The van der Waals surface area contributed by atoms with Crippen molar-refractivity contribution in [1.29, 1.82) is 0 Å². The Morgan fingerprint density at radius 2 is 1.79 bits per heavy atom. The van der Waals surface area contributed by atoms with E-state index in [9.17, 15) is 14.4 Å². The maximum Gasteiger partial charge on any atom is 0.538 e. The van der Waals surface area contributed by atoms with Gasteiger partial charge >= 0.3 is 12.1 Å². The first-order valence-electron chi connectivity index (χ1n) is 5.21. The number of carbonyl (C=O) groups is 3. The Morgan fingerprint density at radius 3 is 2.26 bits per heavy atom. The van der Waals surface area contributed by atoms with E-state index in [1.54, 1.807) is 13.8 Å². The predicted molar refractivity (Wildman–Crippen MR) is 65.3 cm³/mol. The summed E-state index contributed by atoms with van der Waals surface area (Å²) in [4.78, 5) is 38.5. The van der Waals surface area contributed by atoms with Gasteiger partial charge in [-0.1, -0.05) is 30.6 Å². The van der Waals surface area contributed by atoms with Gasteiger partial charge in [-0.3, -0.25) is 14.4 Å². The van der Waals surface area contributed by atoms with Crippen molar-refractivity contribution in [2.45, 2.75) is 13.8 Å². The molecule has 0 rings (SSSR count). The average molecular weight is 295 g/mol. The number of esters is 1.